The first-order valence-electron chi connectivity index (χ1n) is 9.10. The average Bonchev–Trinajstić information content (AvgIpc) is 3.34. The molecule has 4 heterocycles. The van der Waals surface area contributed by atoms with Gasteiger partial charge in [0.2, 0.25) is 11.8 Å². The van der Waals surface area contributed by atoms with Gasteiger partial charge in [-0.2, -0.15) is 0 Å². The van der Waals surface area contributed by atoms with Crippen molar-refractivity contribution in [1.82, 2.24) is 9.88 Å². The number of hydrogen-bond donors (Lipinski definition) is 1. The highest BCUT2D eigenvalue weighted by molar-refractivity contribution is 6.31. The van der Waals surface area contributed by atoms with Crippen LogP contribution in [0.4, 0.5) is 5.69 Å². The quantitative estimate of drug-likeness (QED) is 0.488. The zero-order valence-electron chi connectivity index (χ0n) is 14.5. The van der Waals surface area contributed by atoms with Crippen LogP contribution in [0.3, 0.4) is 0 Å². The number of nitrogens with zero attached hydrogens (tertiary/aromatic N) is 2. The molecule has 3 aliphatic heterocycles. The maximum Gasteiger partial charge on any atom is 0.236 e. The van der Waals surface area contributed by atoms with Gasteiger partial charge in [-0.15, -0.1) is 0 Å². The van der Waals surface area contributed by atoms with Crippen LogP contribution in [0.5, 0.6) is 0 Å². The number of fused-ring (bicyclic) bond motifs is 6. The lowest BCUT2D eigenvalue weighted by atomic mass is 9.85. The lowest BCUT2D eigenvalue weighted by Gasteiger charge is -2.18. The van der Waals surface area contributed by atoms with Gasteiger partial charge < -0.3 is 10.1 Å². The van der Waals surface area contributed by atoms with Crippen molar-refractivity contribution in [3.63, 3.8) is 0 Å². The third-order valence-electron chi connectivity index (χ3n) is 5.58. The summed E-state index contributed by atoms with van der Waals surface area (Å²) in [6.45, 7) is 1.07. The number of nitrogens with one attached hydrogen (secondary N) is 1. The van der Waals surface area contributed by atoms with Crippen LogP contribution < -0.4 is 5.32 Å². The fourth-order valence-electron chi connectivity index (χ4n) is 4.32. The molecule has 1 aromatic heterocycles. The molecule has 3 aliphatic rings. The van der Waals surface area contributed by atoms with E-state index in [4.69, 9.17) is 16.3 Å². The second-order valence-electron chi connectivity index (χ2n) is 7.13. The van der Waals surface area contributed by atoms with Gasteiger partial charge in [0.1, 0.15) is 0 Å². The Balaban J connectivity index is 1.22. The third-order valence-corrected chi connectivity index (χ3v) is 5.82. The Morgan fingerprint density at radius 1 is 1.11 bits per heavy atom. The van der Waals surface area contributed by atoms with Crippen LogP contribution in [-0.2, 0) is 14.3 Å². The number of pyridine rings is 1. The number of benzene rings is 1. The minimum atomic E-state index is -0.325. The number of carbonyl (C=O) groups is 2. The molecule has 2 unspecified atom stereocenters. The molecule has 0 aliphatic carbocycles. The number of anilines is 1. The number of aromatic nitrogens is 1. The molecule has 1 aromatic carbocycles. The maximum atomic E-state index is 12.6. The SMILES string of the molecule is O=C1C2C(C(=O)N1CCCNc1ccnc3cc(Cl)ccc13)[C@H]1C=C[C@@H]2O1. The predicted molar refractivity (Wildman–Crippen MR) is 101 cm³/mol. The second-order valence-corrected chi connectivity index (χ2v) is 7.57. The van der Waals surface area contributed by atoms with Gasteiger partial charge in [-0.05, 0) is 30.7 Å². The van der Waals surface area contributed by atoms with E-state index in [0.29, 0.717) is 24.5 Å². The summed E-state index contributed by atoms with van der Waals surface area (Å²) >= 11 is 6.02. The number of hydrogen-bond acceptors (Lipinski definition) is 5. The first-order valence-corrected chi connectivity index (χ1v) is 9.48. The van der Waals surface area contributed by atoms with E-state index < -0.39 is 0 Å². The van der Waals surface area contributed by atoms with Gasteiger partial charge >= 0.3 is 0 Å². The summed E-state index contributed by atoms with van der Waals surface area (Å²) in [5.41, 5.74) is 1.79. The molecule has 6 nitrogen and oxygen atoms in total. The normalized spacial score (nSPS) is 28.4. The molecule has 0 spiro atoms. The Morgan fingerprint density at radius 3 is 2.59 bits per heavy atom. The highest BCUT2D eigenvalue weighted by Crippen LogP contribution is 2.45. The summed E-state index contributed by atoms with van der Waals surface area (Å²) in [5, 5.41) is 5.01. The van der Waals surface area contributed by atoms with Crippen LogP contribution >= 0.6 is 11.6 Å². The molecule has 7 heteroatoms. The van der Waals surface area contributed by atoms with Crippen molar-refractivity contribution in [2.75, 3.05) is 18.4 Å². The Morgan fingerprint density at radius 2 is 1.85 bits per heavy atom. The molecule has 1 N–H and O–H groups in total. The zero-order chi connectivity index (χ0) is 18.5. The molecule has 4 atom stereocenters. The van der Waals surface area contributed by atoms with E-state index in [9.17, 15) is 9.59 Å². The van der Waals surface area contributed by atoms with Crippen LogP contribution in [0, 0.1) is 11.8 Å². The van der Waals surface area contributed by atoms with Crippen LogP contribution in [0.2, 0.25) is 5.02 Å². The van der Waals surface area contributed by atoms with E-state index in [0.717, 1.165) is 16.6 Å². The van der Waals surface area contributed by atoms with Crippen molar-refractivity contribution in [1.29, 1.82) is 0 Å². The van der Waals surface area contributed by atoms with Crippen molar-refractivity contribution >= 4 is 40.0 Å². The number of halogens is 1. The molecule has 2 amide bonds. The van der Waals surface area contributed by atoms with E-state index in [2.05, 4.69) is 10.3 Å². The summed E-state index contributed by atoms with van der Waals surface area (Å²) in [7, 11) is 0. The minimum absolute atomic E-state index is 0.0918. The van der Waals surface area contributed by atoms with Gasteiger partial charge in [-0.25, -0.2) is 0 Å². The first kappa shape index (κ1) is 16.7. The number of amides is 2. The summed E-state index contributed by atoms with van der Waals surface area (Å²) < 4.78 is 5.65. The number of imide groups is 1. The Kier molecular flexibility index (Phi) is 3.91. The largest absolute Gasteiger partial charge is 0.384 e. The molecule has 2 saturated heterocycles. The molecule has 138 valence electrons. The predicted octanol–water partition coefficient (Wildman–Crippen LogP) is 2.63. The number of rotatable bonds is 5. The molecule has 27 heavy (non-hydrogen) atoms. The van der Waals surface area contributed by atoms with Crippen LogP contribution in [-0.4, -0.2) is 47.0 Å². The molecule has 0 radical (unpaired) electrons. The lowest BCUT2D eigenvalue weighted by Crippen LogP contribution is -2.35. The van der Waals surface area contributed by atoms with Crippen LogP contribution in [0.15, 0.2) is 42.6 Å². The summed E-state index contributed by atoms with van der Waals surface area (Å²) in [6, 6.07) is 7.51. The molecule has 2 bridgehead atoms. The topological polar surface area (TPSA) is 71.5 Å². The number of carbonyl (C=O) groups excluding carboxylic acids is 2. The van der Waals surface area contributed by atoms with Crippen LogP contribution in [0.1, 0.15) is 6.42 Å². The average molecular weight is 384 g/mol. The van der Waals surface area contributed by atoms with Gasteiger partial charge in [0.15, 0.2) is 0 Å². The van der Waals surface area contributed by atoms with Crippen molar-refractivity contribution < 1.29 is 14.3 Å². The highest BCUT2D eigenvalue weighted by Gasteiger charge is 2.60. The summed E-state index contributed by atoms with van der Waals surface area (Å²) in [6.07, 6.45) is 5.77. The van der Waals surface area contributed by atoms with Gasteiger partial charge in [-0.1, -0.05) is 23.8 Å². The van der Waals surface area contributed by atoms with Crippen molar-refractivity contribution in [3.05, 3.63) is 47.6 Å². The van der Waals surface area contributed by atoms with Gasteiger partial charge in [0.05, 0.1) is 29.6 Å². The van der Waals surface area contributed by atoms with E-state index in [-0.39, 0.29) is 35.9 Å². The molecule has 0 saturated carbocycles. The fraction of sp³-hybridized carbons (Fsp3) is 0.350. The third kappa shape index (κ3) is 2.63. The van der Waals surface area contributed by atoms with Crippen LogP contribution in [0.25, 0.3) is 10.9 Å². The van der Waals surface area contributed by atoms with Gasteiger partial charge in [0, 0.05) is 35.4 Å². The number of ether oxygens (including phenoxy) is 1. The summed E-state index contributed by atoms with van der Waals surface area (Å²) in [4.78, 5) is 31.0. The molecule has 5 rings (SSSR count). The fourth-order valence-corrected chi connectivity index (χ4v) is 4.49. The number of likely N-dealkylation sites (tertiary alicyclic amines) is 1. The van der Waals surface area contributed by atoms with E-state index >= 15 is 0 Å². The Bertz CT molecular complexity index is 946. The maximum absolute atomic E-state index is 12.6. The lowest BCUT2D eigenvalue weighted by molar-refractivity contribution is -0.142. The molecule has 2 aromatic rings. The standard InChI is InChI=1S/C20H18ClN3O3/c21-11-2-3-12-13(6-8-23-14(12)10-11)22-7-1-9-24-19(25)17-15-4-5-16(27-15)18(17)20(24)26/h2-6,8,10,15-18H,1,7,9H2,(H,22,23)/t15-,16+,17?,18?. The zero-order valence-corrected chi connectivity index (χ0v) is 15.2. The molecule has 2 fully saturated rings. The highest BCUT2D eigenvalue weighted by atomic mass is 35.5. The first-order chi connectivity index (χ1) is 13.1. The Hall–Kier alpha value is -2.44. The minimum Gasteiger partial charge on any atom is -0.384 e. The summed E-state index contributed by atoms with van der Waals surface area (Å²) in [5.74, 6) is -0.833. The van der Waals surface area contributed by atoms with Crippen molar-refractivity contribution in [3.8, 4) is 0 Å². The van der Waals surface area contributed by atoms with Crippen molar-refractivity contribution in [2.45, 2.75) is 18.6 Å². The van der Waals surface area contributed by atoms with Gasteiger partial charge in [-0.3, -0.25) is 19.5 Å². The Labute approximate surface area is 161 Å². The molecular formula is C20H18ClN3O3. The molecular weight excluding hydrogens is 366 g/mol. The smallest absolute Gasteiger partial charge is 0.236 e. The van der Waals surface area contributed by atoms with Crippen molar-refractivity contribution in [2.24, 2.45) is 11.8 Å². The second kappa shape index (κ2) is 6.32. The van der Waals surface area contributed by atoms with E-state index in [1.807, 2.05) is 36.4 Å². The van der Waals surface area contributed by atoms with Gasteiger partial charge in [0.25, 0.3) is 0 Å². The monoisotopic (exact) mass is 383 g/mol. The van der Waals surface area contributed by atoms with E-state index in [1.165, 1.54) is 4.90 Å². The van der Waals surface area contributed by atoms with E-state index in [1.54, 1.807) is 6.20 Å².